The minimum absolute atomic E-state index is 1.12. The molecule has 0 radical (unpaired) electrons. The number of anilines is 1. The maximum absolute atomic E-state index is 3.47. The molecule has 1 heterocycles. The van der Waals surface area contributed by atoms with E-state index < -0.39 is 0 Å². The molecular weight excluding hydrogens is 230 g/mol. The van der Waals surface area contributed by atoms with E-state index in [1.54, 1.807) is 0 Å². The van der Waals surface area contributed by atoms with Gasteiger partial charge in [-0.25, -0.2) is 0 Å². The summed E-state index contributed by atoms with van der Waals surface area (Å²) < 4.78 is 0. The molecule has 0 aliphatic carbocycles. The smallest absolute Gasteiger partial charge is 0.0372 e. The van der Waals surface area contributed by atoms with E-state index in [4.69, 9.17) is 0 Å². The van der Waals surface area contributed by atoms with Crippen molar-refractivity contribution in [2.45, 2.75) is 32.6 Å². The summed E-state index contributed by atoms with van der Waals surface area (Å²) in [5.74, 6) is 0. The molecule has 0 amide bonds. The van der Waals surface area contributed by atoms with Crippen molar-refractivity contribution in [3.05, 3.63) is 64.7 Å². The molecule has 0 fully saturated rings. The Hall–Kier alpha value is -1.76. The average Bonchev–Trinajstić information content (AvgIpc) is 2.46. The van der Waals surface area contributed by atoms with Crippen LogP contribution >= 0.6 is 0 Å². The Kier molecular flexibility index (Phi) is 3.54. The highest BCUT2D eigenvalue weighted by Gasteiger charge is 2.08. The predicted molar refractivity (Wildman–Crippen MR) is 81.8 cm³/mol. The van der Waals surface area contributed by atoms with Crippen LogP contribution in [0, 0.1) is 6.92 Å². The molecule has 1 nitrogen and oxygen atoms in total. The standard InChI is InChI=1S/C18H21N/c1-14-4-6-15(7-5-14)8-9-16-10-11-18-17(13-16)3-2-12-19-18/h4-7,10-11,13,19H,2-3,8-9,12H2,1H3. The number of hydrogen-bond acceptors (Lipinski definition) is 1. The number of fused-ring (bicyclic) bond motifs is 1. The summed E-state index contributed by atoms with van der Waals surface area (Å²) in [6.45, 7) is 3.26. The van der Waals surface area contributed by atoms with E-state index in [1.165, 1.54) is 40.8 Å². The van der Waals surface area contributed by atoms with Crippen molar-refractivity contribution >= 4 is 5.69 Å². The Balaban J connectivity index is 1.68. The van der Waals surface area contributed by atoms with E-state index in [9.17, 15) is 0 Å². The van der Waals surface area contributed by atoms with Crippen molar-refractivity contribution in [3.8, 4) is 0 Å². The number of hydrogen-bond donors (Lipinski definition) is 1. The van der Waals surface area contributed by atoms with Crippen molar-refractivity contribution in [3.63, 3.8) is 0 Å². The lowest BCUT2D eigenvalue weighted by molar-refractivity contribution is 0.825. The second kappa shape index (κ2) is 5.48. The maximum Gasteiger partial charge on any atom is 0.0372 e. The molecule has 98 valence electrons. The Bertz CT molecular complexity index is 554. The fourth-order valence-corrected chi connectivity index (χ4v) is 2.73. The van der Waals surface area contributed by atoms with Gasteiger partial charge in [0.15, 0.2) is 0 Å². The molecule has 1 aliphatic rings. The van der Waals surface area contributed by atoms with Gasteiger partial charge in [-0.3, -0.25) is 0 Å². The first-order valence-electron chi connectivity index (χ1n) is 7.22. The van der Waals surface area contributed by atoms with Crippen LogP contribution in [0.4, 0.5) is 5.69 Å². The summed E-state index contributed by atoms with van der Waals surface area (Å²) in [5, 5.41) is 3.47. The highest BCUT2D eigenvalue weighted by molar-refractivity contribution is 5.54. The molecule has 1 N–H and O–H groups in total. The van der Waals surface area contributed by atoms with Crippen LogP contribution in [0.3, 0.4) is 0 Å². The van der Waals surface area contributed by atoms with Crippen molar-refractivity contribution in [1.82, 2.24) is 0 Å². The largest absolute Gasteiger partial charge is 0.385 e. The molecule has 0 saturated heterocycles. The minimum Gasteiger partial charge on any atom is -0.385 e. The van der Waals surface area contributed by atoms with Crippen LogP contribution in [0.1, 0.15) is 28.7 Å². The molecule has 1 aliphatic heterocycles. The molecular formula is C18H21N. The number of aryl methyl sites for hydroxylation is 4. The van der Waals surface area contributed by atoms with Gasteiger partial charge < -0.3 is 5.32 Å². The van der Waals surface area contributed by atoms with Gasteiger partial charge in [0.2, 0.25) is 0 Å². The first-order chi connectivity index (χ1) is 9.31. The zero-order valence-corrected chi connectivity index (χ0v) is 11.6. The summed E-state index contributed by atoms with van der Waals surface area (Å²) in [6, 6.07) is 15.8. The molecule has 1 heteroatoms. The SMILES string of the molecule is Cc1ccc(CCc2ccc3c(c2)CCCN3)cc1. The van der Waals surface area contributed by atoms with Gasteiger partial charge in [0, 0.05) is 12.2 Å². The first kappa shape index (κ1) is 12.3. The molecule has 0 unspecified atom stereocenters. The van der Waals surface area contributed by atoms with Gasteiger partial charge >= 0.3 is 0 Å². The van der Waals surface area contributed by atoms with Crippen LogP contribution in [0.15, 0.2) is 42.5 Å². The Labute approximate surface area is 115 Å². The number of benzene rings is 2. The lowest BCUT2D eigenvalue weighted by atomic mass is 9.97. The van der Waals surface area contributed by atoms with E-state index in [-0.39, 0.29) is 0 Å². The Morgan fingerprint density at radius 3 is 2.53 bits per heavy atom. The molecule has 0 atom stereocenters. The molecule has 19 heavy (non-hydrogen) atoms. The molecule has 2 aromatic carbocycles. The Morgan fingerprint density at radius 1 is 0.947 bits per heavy atom. The second-order valence-electron chi connectivity index (χ2n) is 5.51. The molecule has 0 aromatic heterocycles. The summed E-state index contributed by atoms with van der Waals surface area (Å²) in [5.41, 5.74) is 7.06. The predicted octanol–water partition coefficient (Wildman–Crippen LogP) is 4.14. The third kappa shape index (κ3) is 2.98. The van der Waals surface area contributed by atoms with E-state index in [0.717, 1.165) is 19.4 Å². The van der Waals surface area contributed by atoms with Gasteiger partial charge in [-0.05, 0) is 55.4 Å². The third-order valence-corrected chi connectivity index (χ3v) is 3.93. The van der Waals surface area contributed by atoms with Crippen LogP contribution in [-0.4, -0.2) is 6.54 Å². The molecule has 0 bridgehead atoms. The van der Waals surface area contributed by atoms with Crippen LogP contribution in [0.2, 0.25) is 0 Å². The van der Waals surface area contributed by atoms with Gasteiger partial charge in [0.25, 0.3) is 0 Å². The lowest BCUT2D eigenvalue weighted by Gasteiger charge is -2.18. The van der Waals surface area contributed by atoms with E-state index in [0.29, 0.717) is 0 Å². The molecule has 2 aromatic rings. The van der Waals surface area contributed by atoms with Crippen LogP contribution in [0.5, 0.6) is 0 Å². The van der Waals surface area contributed by atoms with Crippen molar-refractivity contribution in [2.24, 2.45) is 0 Å². The fourth-order valence-electron chi connectivity index (χ4n) is 2.73. The summed E-state index contributed by atoms with van der Waals surface area (Å²) in [7, 11) is 0. The van der Waals surface area contributed by atoms with Gasteiger partial charge in [-0.15, -0.1) is 0 Å². The normalized spacial score (nSPS) is 13.7. The van der Waals surface area contributed by atoms with Crippen molar-refractivity contribution in [2.75, 3.05) is 11.9 Å². The fraction of sp³-hybridized carbons (Fsp3) is 0.333. The highest BCUT2D eigenvalue weighted by atomic mass is 14.9. The number of rotatable bonds is 3. The topological polar surface area (TPSA) is 12.0 Å². The van der Waals surface area contributed by atoms with Crippen LogP contribution < -0.4 is 5.32 Å². The van der Waals surface area contributed by atoms with Crippen LogP contribution in [-0.2, 0) is 19.3 Å². The zero-order valence-electron chi connectivity index (χ0n) is 11.6. The molecule has 0 spiro atoms. The number of nitrogens with one attached hydrogen (secondary N) is 1. The monoisotopic (exact) mass is 251 g/mol. The van der Waals surface area contributed by atoms with E-state index in [1.807, 2.05) is 0 Å². The quantitative estimate of drug-likeness (QED) is 0.864. The lowest BCUT2D eigenvalue weighted by Crippen LogP contribution is -2.11. The van der Waals surface area contributed by atoms with Gasteiger partial charge in [-0.2, -0.15) is 0 Å². The van der Waals surface area contributed by atoms with Gasteiger partial charge in [0.1, 0.15) is 0 Å². The van der Waals surface area contributed by atoms with Gasteiger partial charge in [-0.1, -0.05) is 42.0 Å². The van der Waals surface area contributed by atoms with Crippen molar-refractivity contribution in [1.29, 1.82) is 0 Å². The Morgan fingerprint density at radius 2 is 1.68 bits per heavy atom. The summed E-state index contributed by atoms with van der Waals surface area (Å²) in [4.78, 5) is 0. The minimum atomic E-state index is 1.12. The second-order valence-corrected chi connectivity index (χ2v) is 5.51. The third-order valence-electron chi connectivity index (χ3n) is 3.93. The summed E-state index contributed by atoms with van der Waals surface area (Å²) >= 11 is 0. The summed E-state index contributed by atoms with van der Waals surface area (Å²) in [6.07, 6.45) is 4.75. The highest BCUT2D eigenvalue weighted by Crippen LogP contribution is 2.23. The van der Waals surface area contributed by atoms with Crippen LogP contribution in [0.25, 0.3) is 0 Å². The van der Waals surface area contributed by atoms with E-state index in [2.05, 4.69) is 54.7 Å². The molecule has 0 saturated carbocycles. The zero-order chi connectivity index (χ0) is 13.1. The van der Waals surface area contributed by atoms with Crippen molar-refractivity contribution < 1.29 is 0 Å². The van der Waals surface area contributed by atoms with Gasteiger partial charge in [0.05, 0.1) is 0 Å². The maximum atomic E-state index is 3.47. The average molecular weight is 251 g/mol. The molecule has 3 rings (SSSR count). The first-order valence-corrected chi connectivity index (χ1v) is 7.22. The van der Waals surface area contributed by atoms with E-state index >= 15 is 0 Å².